The molecule has 0 bridgehead atoms. The summed E-state index contributed by atoms with van der Waals surface area (Å²) in [5.74, 6) is -1.38. The number of amides is 3. The fourth-order valence-corrected chi connectivity index (χ4v) is 4.04. The summed E-state index contributed by atoms with van der Waals surface area (Å²) in [5.41, 5.74) is 2.09. The highest BCUT2D eigenvalue weighted by Crippen LogP contribution is 2.26. The molecule has 1 aliphatic rings. The van der Waals surface area contributed by atoms with Gasteiger partial charge in [0.2, 0.25) is 5.76 Å². The van der Waals surface area contributed by atoms with Crippen LogP contribution < -0.4 is 5.32 Å². The Hall–Kier alpha value is -5.19. The summed E-state index contributed by atoms with van der Waals surface area (Å²) < 4.78 is 7.24. The normalized spacial score (nSPS) is 14.6. The molecule has 5 rings (SSSR count). The largest absolute Gasteiger partial charge is 0.475 e. The summed E-state index contributed by atoms with van der Waals surface area (Å²) in [6.07, 6.45) is 3.37. The Bertz CT molecular complexity index is 1560. The molecule has 3 amide bonds. The minimum absolute atomic E-state index is 0.0356. The summed E-state index contributed by atoms with van der Waals surface area (Å²) in [7, 11) is 0. The molecule has 36 heavy (non-hydrogen) atoms. The van der Waals surface area contributed by atoms with E-state index >= 15 is 0 Å². The van der Waals surface area contributed by atoms with Gasteiger partial charge in [0.05, 0.1) is 18.0 Å². The molecular formula is C25H18N4O7. The summed E-state index contributed by atoms with van der Waals surface area (Å²) in [6.45, 7) is 0.232. The molecule has 3 heterocycles. The number of urea groups is 1. The number of nitro benzene ring substituents is 1. The van der Waals surface area contributed by atoms with Crippen molar-refractivity contribution in [3.8, 4) is 0 Å². The number of hydrogen-bond donors (Lipinski definition) is 2. The van der Waals surface area contributed by atoms with Crippen molar-refractivity contribution < 1.29 is 28.8 Å². The number of nitrogens with one attached hydrogen (secondary N) is 1. The van der Waals surface area contributed by atoms with Gasteiger partial charge in [-0.15, -0.1) is 0 Å². The Morgan fingerprint density at radius 3 is 2.50 bits per heavy atom. The molecule has 2 aromatic carbocycles. The van der Waals surface area contributed by atoms with Gasteiger partial charge in [0.25, 0.3) is 11.6 Å². The number of nitro groups is 1. The molecular weight excluding hydrogens is 468 g/mol. The highest BCUT2D eigenvalue weighted by Gasteiger charge is 2.33. The van der Waals surface area contributed by atoms with E-state index in [4.69, 9.17) is 9.52 Å². The van der Waals surface area contributed by atoms with Crippen molar-refractivity contribution in [2.24, 2.45) is 0 Å². The standard InChI is InChI=1S/C25H18N4O7/c30-23-20(26-25(33)28(23)12-15-5-7-17(8-6-15)29(34)35)11-16-13-27(21-4-2-1-3-19(16)21)14-18-9-10-22(36-18)24(31)32/h1-11,13H,12,14H2,(H,26,33)(H,31,32). The van der Waals surface area contributed by atoms with Gasteiger partial charge in [0.15, 0.2) is 0 Å². The minimum atomic E-state index is -1.15. The maximum Gasteiger partial charge on any atom is 0.371 e. The van der Waals surface area contributed by atoms with Crippen LogP contribution in [0, 0.1) is 10.1 Å². The number of carbonyl (C=O) groups excluding carboxylic acids is 2. The van der Waals surface area contributed by atoms with Gasteiger partial charge in [0, 0.05) is 34.8 Å². The van der Waals surface area contributed by atoms with Crippen LogP contribution in [0.25, 0.3) is 17.0 Å². The number of benzene rings is 2. The number of hydrogen-bond acceptors (Lipinski definition) is 6. The number of para-hydroxylation sites is 1. The van der Waals surface area contributed by atoms with E-state index in [1.54, 1.807) is 18.3 Å². The Morgan fingerprint density at radius 1 is 1.06 bits per heavy atom. The van der Waals surface area contributed by atoms with Crippen LogP contribution in [0.15, 0.2) is 77.0 Å². The van der Waals surface area contributed by atoms with Crippen LogP contribution in [-0.4, -0.2) is 37.4 Å². The van der Waals surface area contributed by atoms with Crippen molar-refractivity contribution in [3.63, 3.8) is 0 Å². The second-order valence-electron chi connectivity index (χ2n) is 8.10. The first-order valence-electron chi connectivity index (χ1n) is 10.8. The molecule has 0 atom stereocenters. The van der Waals surface area contributed by atoms with E-state index < -0.39 is 22.8 Å². The fraction of sp³-hybridized carbons (Fsp3) is 0.0800. The number of imide groups is 1. The summed E-state index contributed by atoms with van der Waals surface area (Å²) >= 11 is 0. The Balaban J connectivity index is 1.41. The molecule has 0 aliphatic carbocycles. The van der Waals surface area contributed by atoms with Gasteiger partial charge in [-0.25, -0.2) is 9.59 Å². The average Bonchev–Trinajstić information content (AvgIpc) is 3.54. The number of aromatic nitrogens is 1. The summed E-state index contributed by atoms with van der Waals surface area (Å²) in [5, 5.41) is 23.3. The van der Waals surface area contributed by atoms with Crippen molar-refractivity contribution in [2.75, 3.05) is 0 Å². The smallest absolute Gasteiger partial charge is 0.371 e. The number of rotatable bonds is 7. The van der Waals surface area contributed by atoms with Crippen LogP contribution in [0.5, 0.6) is 0 Å². The molecule has 0 unspecified atom stereocenters. The van der Waals surface area contributed by atoms with Crippen molar-refractivity contribution >= 4 is 40.6 Å². The van der Waals surface area contributed by atoms with Gasteiger partial charge < -0.3 is 19.4 Å². The van der Waals surface area contributed by atoms with E-state index in [-0.39, 0.29) is 30.2 Å². The molecule has 2 N–H and O–H groups in total. The van der Waals surface area contributed by atoms with Crippen LogP contribution in [0.2, 0.25) is 0 Å². The molecule has 0 radical (unpaired) electrons. The molecule has 180 valence electrons. The fourth-order valence-electron chi connectivity index (χ4n) is 4.04. The van der Waals surface area contributed by atoms with Gasteiger partial charge in [-0.2, -0.15) is 0 Å². The van der Waals surface area contributed by atoms with Gasteiger partial charge >= 0.3 is 12.0 Å². The second-order valence-corrected chi connectivity index (χ2v) is 8.10. The molecule has 1 aliphatic heterocycles. The predicted molar refractivity (Wildman–Crippen MR) is 127 cm³/mol. The lowest BCUT2D eigenvalue weighted by Gasteiger charge is -2.11. The zero-order chi connectivity index (χ0) is 25.4. The number of fused-ring (bicyclic) bond motifs is 1. The van der Waals surface area contributed by atoms with Gasteiger partial charge in [-0.3, -0.25) is 19.8 Å². The molecule has 11 nitrogen and oxygen atoms in total. The molecule has 0 saturated carbocycles. The maximum absolute atomic E-state index is 13.0. The number of non-ortho nitro benzene ring substituents is 1. The zero-order valence-corrected chi connectivity index (χ0v) is 18.6. The number of carboxylic acid groups (broad SMARTS) is 1. The monoisotopic (exact) mass is 486 g/mol. The molecule has 2 aromatic heterocycles. The Morgan fingerprint density at radius 2 is 1.81 bits per heavy atom. The number of carbonyl (C=O) groups is 3. The first-order valence-corrected chi connectivity index (χ1v) is 10.8. The van der Waals surface area contributed by atoms with E-state index in [9.17, 15) is 24.5 Å². The topological polar surface area (TPSA) is 148 Å². The maximum atomic E-state index is 13.0. The lowest BCUT2D eigenvalue weighted by Crippen LogP contribution is -2.30. The highest BCUT2D eigenvalue weighted by molar-refractivity contribution is 6.14. The minimum Gasteiger partial charge on any atom is -0.475 e. The van der Waals surface area contributed by atoms with Gasteiger partial charge in [-0.1, -0.05) is 30.3 Å². The Labute approximate surface area is 203 Å². The number of carboxylic acids is 1. The highest BCUT2D eigenvalue weighted by atomic mass is 16.6. The first-order chi connectivity index (χ1) is 17.3. The van der Waals surface area contributed by atoms with Crippen molar-refractivity contribution in [2.45, 2.75) is 13.1 Å². The number of nitrogens with zero attached hydrogens (tertiary/aromatic N) is 3. The van der Waals surface area contributed by atoms with Crippen molar-refractivity contribution in [3.05, 3.63) is 105 Å². The van der Waals surface area contributed by atoms with E-state index in [1.807, 2.05) is 28.8 Å². The van der Waals surface area contributed by atoms with Crippen LogP contribution in [0.3, 0.4) is 0 Å². The van der Waals surface area contributed by atoms with E-state index in [1.165, 1.54) is 30.3 Å². The molecule has 1 saturated heterocycles. The van der Waals surface area contributed by atoms with Gasteiger partial charge in [0.1, 0.15) is 11.5 Å². The van der Waals surface area contributed by atoms with Crippen molar-refractivity contribution in [1.29, 1.82) is 0 Å². The molecule has 4 aromatic rings. The molecule has 0 spiro atoms. The average molecular weight is 486 g/mol. The Kier molecular flexibility index (Phi) is 5.57. The number of aromatic carboxylic acids is 1. The van der Waals surface area contributed by atoms with E-state index in [0.29, 0.717) is 16.9 Å². The van der Waals surface area contributed by atoms with Crippen LogP contribution in [0.4, 0.5) is 10.5 Å². The lowest BCUT2D eigenvalue weighted by atomic mass is 10.1. The third-order valence-electron chi connectivity index (χ3n) is 5.77. The lowest BCUT2D eigenvalue weighted by molar-refractivity contribution is -0.384. The van der Waals surface area contributed by atoms with Crippen LogP contribution >= 0.6 is 0 Å². The van der Waals surface area contributed by atoms with Crippen LogP contribution in [0.1, 0.15) is 27.4 Å². The van der Waals surface area contributed by atoms with Crippen LogP contribution in [-0.2, 0) is 17.9 Å². The predicted octanol–water partition coefficient (Wildman–Crippen LogP) is 3.98. The van der Waals surface area contributed by atoms with E-state index in [0.717, 1.165) is 15.8 Å². The van der Waals surface area contributed by atoms with Crippen molar-refractivity contribution in [1.82, 2.24) is 14.8 Å². The third kappa shape index (κ3) is 4.20. The second kappa shape index (κ2) is 8.87. The zero-order valence-electron chi connectivity index (χ0n) is 18.6. The van der Waals surface area contributed by atoms with Gasteiger partial charge in [-0.05, 0) is 29.8 Å². The third-order valence-corrected chi connectivity index (χ3v) is 5.77. The number of furan rings is 1. The summed E-state index contributed by atoms with van der Waals surface area (Å²) in [6, 6.07) is 15.5. The SMILES string of the molecule is O=C(O)c1ccc(Cn2cc(C=C3NC(=O)N(Cc4ccc([N+](=O)[O-])cc4)C3=O)c3ccccc32)o1. The summed E-state index contributed by atoms with van der Waals surface area (Å²) in [4.78, 5) is 48.0. The molecule has 11 heteroatoms. The first kappa shape index (κ1) is 22.6. The molecule has 1 fully saturated rings. The quantitative estimate of drug-likeness (QED) is 0.174. The van der Waals surface area contributed by atoms with E-state index in [2.05, 4.69) is 5.32 Å².